The molecule has 1 amide bonds. The molecule has 0 aliphatic heterocycles. The highest BCUT2D eigenvalue weighted by molar-refractivity contribution is 6.17. The molecule has 76 valence electrons. The van der Waals surface area contributed by atoms with Crippen molar-refractivity contribution in [3.63, 3.8) is 0 Å². The number of rotatable bonds is 5. The summed E-state index contributed by atoms with van der Waals surface area (Å²) in [4.78, 5) is 11.2. The topological polar surface area (TPSA) is 38.3 Å². The van der Waals surface area contributed by atoms with Crippen LogP contribution in [0.25, 0.3) is 0 Å². The van der Waals surface area contributed by atoms with E-state index < -0.39 is 0 Å². The number of ether oxygens (including phenoxy) is 1. The number of benzene rings is 1. The second kappa shape index (κ2) is 6.40. The molecule has 1 rings (SSSR count). The van der Waals surface area contributed by atoms with E-state index in [9.17, 15) is 4.79 Å². The highest BCUT2D eigenvalue weighted by atomic mass is 35.5. The van der Waals surface area contributed by atoms with Crippen LogP contribution < -0.4 is 5.32 Å². The predicted molar refractivity (Wildman–Crippen MR) is 56.6 cm³/mol. The summed E-state index contributed by atoms with van der Waals surface area (Å²) in [7, 11) is 0. The first kappa shape index (κ1) is 11.0. The molecule has 3 nitrogen and oxygen atoms in total. The minimum Gasteiger partial charge on any atom is -0.370 e. The summed E-state index contributed by atoms with van der Waals surface area (Å²) in [6, 6.07) is 9.24. The van der Waals surface area contributed by atoms with E-state index in [0.717, 1.165) is 5.69 Å². The molecular formula is C10H12ClNO2. The van der Waals surface area contributed by atoms with Crippen LogP contribution in [0.15, 0.2) is 30.3 Å². The number of amides is 1. The number of nitrogens with one attached hydrogen (secondary N) is 1. The summed E-state index contributed by atoms with van der Waals surface area (Å²) < 4.78 is 4.97. The molecule has 0 heterocycles. The minimum absolute atomic E-state index is 0.0433. The normalized spacial score (nSPS) is 9.79. The van der Waals surface area contributed by atoms with Gasteiger partial charge in [-0.2, -0.15) is 0 Å². The molecule has 0 unspecified atom stereocenters. The lowest BCUT2D eigenvalue weighted by molar-refractivity contribution is -0.120. The van der Waals surface area contributed by atoms with E-state index >= 15 is 0 Å². The molecule has 0 saturated carbocycles. The number of anilines is 1. The van der Waals surface area contributed by atoms with E-state index in [1.54, 1.807) is 0 Å². The Morgan fingerprint density at radius 1 is 1.36 bits per heavy atom. The molecule has 1 aromatic rings. The van der Waals surface area contributed by atoms with Crippen molar-refractivity contribution in [2.45, 2.75) is 0 Å². The van der Waals surface area contributed by atoms with Crippen LogP contribution in [0, 0.1) is 0 Å². The van der Waals surface area contributed by atoms with Gasteiger partial charge in [-0.3, -0.25) is 4.79 Å². The Balaban J connectivity index is 2.27. The number of hydrogen-bond donors (Lipinski definition) is 1. The molecule has 1 aromatic carbocycles. The average molecular weight is 214 g/mol. The van der Waals surface area contributed by atoms with Crippen LogP contribution in [0.3, 0.4) is 0 Å². The molecule has 14 heavy (non-hydrogen) atoms. The van der Waals surface area contributed by atoms with Crippen molar-refractivity contribution in [2.24, 2.45) is 0 Å². The van der Waals surface area contributed by atoms with E-state index in [0.29, 0.717) is 12.5 Å². The van der Waals surface area contributed by atoms with Gasteiger partial charge in [0, 0.05) is 11.6 Å². The quantitative estimate of drug-likeness (QED) is 0.599. The van der Waals surface area contributed by atoms with E-state index in [1.807, 2.05) is 30.3 Å². The van der Waals surface area contributed by atoms with Gasteiger partial charge < -0.3 is 10.1 Å². The number of para-hydroxylation sites is 1. The third kappa shape index (κ3) is 4.25. The second-order valence-electron chi connectivity index (χ2n) is 2.66. The van der Waals surface area contributed by atoms with E-state index in [1.165, 1.54) is 0 Å². The maximum absolute atomic E-state index is 11.2. The summed E-state index contributed by atoms with van der Waals surface area (Å²) in [6.07, 6.45) is 0. The first-order valence-corrected chi connectivity index (χ1v) is 4.85. The summed E-state index contributed by atoms with van der Waals surface area (Å²) in [5.74, 6) is 0.236. The Labute approximate surface area is 88.0 Å². The van der Waals surface area contributed by atoms with Gasteiger partial charge in [0.15, 0.2) is 0 Å². The lowest BCUT2D eigenvalue weighted by Gasteiger charge is -2.04. The molecule has 0 aliphatic rings. The van der Waals surface area contributed by atoms with Gasteiger partial charge in [-0.05, 0) is 12.1 Å². The van der Waals surface area contributed by atoms with Crippen LogP contribution in [0.2, 0.25) is 0 Å². The maximum Gasteiger partial charge on any atom is 0.250 e. The van der Waals surface area contributed by atoms with Crippen molar-refractivity contribution in [2.75, 3.05) is 24.4 Å². The average Bonchev–Trinajstić information content (AvgIpc) is 2.20. The van der Waals surface area contributed by atoms with Gasteiger partial charge >= 0.3 is 0 Å². The molecule has 0 aliphatic carbocycles. The van der Waals surface area contributed by atoms with Gasteiger partial charge in [-0.25, -0.2) is 0 Å². The van der Waals surface area contributed by atoms with Gasteiger partial charge in [0.1, 0.15) is 6.61 Å². The minimum atomic E-state index is -0.165. The Kier molecular flexibility index (Phi) is 5.04. The first-order valence-electron chi connectivity index (χ1n) is 4.31. The smallest absolute Gasteiger partial charge is 0.250 e. The Hall–Kier alpha value is -1.06. The highest BCUT2D eigenvalue weighted by Gasteiger charge is 2.00. The zero-order valence-corrected chi connectivity index (χ0v) is 8.46. The number of hydrogen-bond acceptors (Lipinski definition) is 2. The standard InChI is InChI=1S/C10H12ClNO2/c11-6-7-14-8-10(13)12-9-4-2-1-3-5-9/h1-5H,6-8H2,(H,12,13). The molecule has 0 spiro atoms. The second-order valence-corrected chi connectivity index (χ2v) is 3.03. The van der Waals surface area contributed by atoms with Crippen molar-refractivity contribution >= 4 is 23.2 Å². The van der Waals surface area contributed by atoms with Gasteiger partial charge in [-0.15, -0.1) is 11.6 Å². The van der Waals surface area contributed by atoms with Crippen LogP contribution >= 0.6 is 11.6 Å². The van der Waals surface area contributed by atoms with Crippen LogP contribution in [0.1, 0.15) is 0 Å². The third-order valence-corrected chi connectivity index (χ3v) is 1.67. The zero-order valence-electron chi connectivity index (χ0n) is 7.70. The van der Waals surface area contributed by atoms with Crippen molar-refractivity contribution in [3.8, 4) is 0 Å². The zero-order chi connectivity index (χ0) is 10.2. The first-order chi connectivity index (χ1) is 6.83. The van der Waals surface area contributed by atoms with Crippen LogP contribution in [0.4, 0.5) is 5.69 Å². The SMILES string of the molecule is O=C(COCCCl)Nc1ccccc1. The van der Waals surface area contributed by atoms with Crippen molar-refractivity contribution < 1.29 is 9.53 Å². The van der Waals surface area contributed by atoms with E-state index in [-0.39, 0.29) is 12.5 Å². The summed E-state index contributed by atoms with van der Waals surface area (Å²) in [6.45, 7) is 0.436. The number of halogens is 1. The Morgan fingerprint density at radius 3 is 2.71 bits per heavy atom. The van der Waals surface area contributed by atoms with Crippen LogP contribution in [-0.2, 0) is 9.53 Å². The molecule has 0 atom stereocenters. The molecule has 0 aromatic heterocycles. The van der Waals surface area contributed by atoms with Crippen molar-refractivity contribution in [1.29, 1.82) is 0 Å². The summed E-state index contributed by atoms with van der Waals surface area (Å²) in [5, 5.41) is 2.69. The van der Waals surface area contributed by atoms with E-state index in [4.69, 9.17) is 16.3 Å². The monoisotopic (exact) mass is 213 g/mol. The highest BCUT2D eigenvalue weighted by Crippen LogP contribution is 2.04. The molecule has 1 N–H and O–H groups in total. The van der Waals surface area contributed by atoms with Crippen molar-refractivity contribution in [1.82, 2.24) is 0 Å². The van der Waals surface area contributed by atoms with Crippen LogP contribution in [0.5, 0.6) is 0 Å². The predicted octanol–water partition coefficient (Wildman–Crippen LogP) is 1.88. The lowest BCUT2D eigenvalue weighted by Crippen LogP contribution is -2.18. The number of alkyl halides is 1. The Bertz CT molecular complexity index is 277. The molecule has 0 radical (unpaired) electrons. The van der Waals surface area contributed by atoms with Gasteiger partial charge in [0.05, 0.1) is 6.61 Å². The number of carbonyl (C=O) groups is 1. The summed E-state index contributed by atoms with van der Waals surface area (Å²) in [5.41, 5.74) is 0.770. The molecule has 4 heteroatoms. The lowest BCUT2D eigenvalue weighted by atomic mass is 10.3. The third-order valence-electron chi connectivity index (χ3n) is 1.51. The molecular weight excluding hydrogens is 202 g/mol. The molecule has 0 fully saturated rings. The van der Waals surface area contributed by atoms with Crippen molar-refractivity contribution in [3.05, 3.63) is 30.3 Å². The van der Waals surface area contributed by atoms with Gasteiger partial charge in [-0.1, -0.05) is 18.2 Å². The van der Waals surface area contributed by atoms with Gasteiger partial charge in [0.2, 0.25) is 5.91 Å². The maximum atomic E-state index is 11.2. The molecule has 0 saturated heterocycles. The van der Waals surface area contributed by atoms with E-state index in [2.05, 4.69) is 5.32 Å². The fourth-order valence-electron chi connectivity index (χ4n) is 0.938. The fraction of sp³-hybridized carbons (Fsp3) is 0.300. The largest absolute Gasteiger partial charge is 0.370 e. The van der Waals surface area contributed by atoms with Gasteiger partial charge in [0.25, 0.3) is 0 Å². The summed E-state index contributed by atoms with van der Waals surface area (Å²) >= 11 is 5.39. The number of carbonyl (C=O) groups excluding carboxylic acids is 1. The molecule has 0 bridgehead atoms. The Morgan fingerprint density at radius 2 is 2.07 bits per heavy atom. The fourth-order valence-corrected chi connectivity index (χ4v) is 1.05. The van der Waals surface area contributed by atoms with Crippen LogP contribution in [-0.4, -0.2) is 25.0 Å².